The molecule has 8 nitrogen and oxygen atoms in total. The van der Waals surface area contributed by atoms with Gasteiger partial charge in [0.25, 0.3) is 0 Å². The first kappa shape index (κ1) is 20.4. The lowest BCUT2D eigenvalue weighted by Gasteiger charge is -2.26. The summed E-state index contributed by atoms with van der Waals surface area (Å²) >= 11 is 0. The van der Waals surface area contributed by atoms with Crippen LogP contribution in [0, 0.1) is 0 Å². The lowest BCUT2D eigenvalue weighted by Crippen LogP contribution is -2.40. The second kappa shape index (κ2) is 8.47. The van der Waals surface area contributed by atoms with Gasteiger partial charge >= 0.3 is 0 Å². The summed E-state index contributed by atoms with van der Waals surface area (Å²) in [4.78, 5) is 15.9. The van der Waals surface area contributed by atoms with Crippen molar-refractivity contribution in [1.29, 1.82) is 0 Å². The van der Waals surface area contributed by atoms with Gasteiger partial charge in [0.1, 0.15) is 5.75 Å². The number of rotatable bonds is 6. The SMILES string of the molecule is COc1ccc(S(=O)(=O)N2CCOCC2)cc1NC(=O)Cc1c[nH]c2ccccc12. The number of nitrogens with one attached hydrogen (secondary N) is 2. The zero-order valence-electron chi connectivity index (χ0n) is 16.6. The Morgan fingerprint density at radius 1 is 1.20 bits per heavy atom. The van der Waals surface area contributed by atoms with E-state index in [1.165, 1.54) is 23.5 Å². The van der Waals surface area contributed by atoms with Gasteiger partial charge in [0.15, 0.2) is 0 Å². The number of nitrogens with zero attached hydrogens (tertiary/aromatic N) is 1. The summed E-state index contributed by atoms with van der Waals surface area (Å²) in [5, 5.41) is 3.77. The molecular weight excluding hydrogens is 406 g/mol. The Balaban J connectivity index is 1.57. The Bertz CT molecular complexity index is 1170. The van der Waals surface area contributed by atoms with Crippen molar-refractivity contribution in [2.75, 3.05) is 38.7 Å². The van der Waals surface area contributed by atoms with Crippen molar-refractivity contribution < 1.29 is 22.7 Å². The fourth-order valence-electron chi connectivity index (χ4n) is 3.53. The lowest BCUT2D eigenvalue weighted by molar-refractivity contribution is -0.115. The molecule has 9 heteroatoms. The average Bonchev–Trinajstić information content (AvgIpc) is 3.17. The lowest BCUT2D eigenvalue weighted by atomic mass is 10.1. The number of ether oxygens (including phenoxy) is 2. The van der Waals surface area contributed by atoms with Crippen LogP contribution in [-0.4, -0.2) is 57.0 Å². The van der Waals surface area contributed by atoms with E-state index >= 15 is 0 Å². The van der Waals surface area contributed by atoms with Gasteiger partial charge in [-0.15, -0.1) is 0 Å². The molecule has 0 unspecified atom stereocenters. The van der Waals surface area contributed by atoms with Crippen molar-refractivity contribution in [2.24, 2.45) is 0 Å². The molecule has 1 aliphatic rings. The summed E-state index contributed by atoms with van der Waals surface area (Å²) in [6, 6.07) is 12.2. The molecule has 1 fully saturated rings. The maximum atomic E-state index is 12.9. The van der Waals surface area contributed by atoms with Crippen molar-refractivity contribution in [3.63, 3.8) is 0 Å². The molecule has 2 N–H and O–H groups in total. The van der Waals surface area contributed by atoms with Crippen molar-refractivity contribution in [1.82, 2.24) is 9.29 Å². The minimum absolute atomic E-state index is 0.104. The van der Waals surface area contributed by atoms with Crippen molar-refractivity contribution in [3.05, 3.63) is 54.2 Å². The number of hydrogen-bond acceptors (Lipinski definition) is 5. The van der Waals surface area contributed by atoms with Gasteiger partial charge in [0.05, 0.1) is 37.3 Å². The van der Waals surface area contributed by atoms with Crippen molar-refractivity contribution in [2.45, 2.75) is 11.3 Å². The Labute approximate surface area is 174 Å². The number of fused-ring (bicyclic) bond motifs is 1. The minimum Gasteiger partial charge on any atom is -0.495 e. The largest absolute Gasteiger partial charge is 0.495 e. The van der Waals surface area contributed by atoms with Crippen LogP contribution in [0.25, 0.3) is 10.9 Å². The van der Waals surface area contributed by atoms with Gasteiger partial charge in [-0.05, 0) is 29.8 Å². The van der Waals surface area contributed by atoms with Crippen LogP contribution in [0.5, 0.6) is 5.75 Å². The summed E-state index contributed by atoms with van der Waals surface area (Å²) in [7, 11) is -2.21. The Kier molecular flexibility index (Phi) is 5.76. The fourth-order valence-corrected chi connectivity index (χ4v) is 4.96. The summed E-state index contributed by atoms with van der Waals surface area (Å²) in [6.07, 6.45) is 1.95. The predicted octanol–water partition coefficient (Wildman–Crippen LogP) is 2.38. The molecule has 0 spiro atoms. The third-order valence-corrected chi connectivity index (χ3v) is 6.97. The summed E-state index contributed by atoms with van der Waals surface area (Å²) in [5.74, 6) is 0.127. The van der Waals surface area contributed by atoms with Crippen LogP contribution in [0.15, 0.2) is 53.6 Å². The molecule has 1 saturated heterocycles. The number of para-hydroxylation sites is 1. The molecule has 4 rings (SSSR count). The second-order valence-corrected chi connectivity index (χ2v) is 8.90. The van der Waals surface area contributed by atoms with Crippen LogP contribution in [0.4, 0.5) is 5.69 Å². The Morgan fingerprint density at radius 2 is 1.97 bits per heavy atom. The van der Waals surface area contributed by atoms with Gasteiger partial charge < -0.3 is 19.8 Å². The molecule has 2 heterocycles. The Morgan fingerprint density at radius 3 is 2.73 bits per heavy atom. The molecular formula is C21H23N3O5S. The first-order chi connectivity index (χ1) is 14.5. The topological polar surface area (TPSA) is 101 Å². The number of morpholine rings is 1. The molecule has 158 valence electrons. The van der Waals surface area contributed by atoms with E-state index in [1.807, 2.05) is 24.3 Å². The zero-order valence-corrected chi connectivity index (χ0v) is 17.4. The number of carbonyl (C=O) groups excluding carboxylic acids is 1. The van der Waals surface area contributed by atoms with Crippen molar-refractivity contribution >= 4 is 32.5 Å². The van der Waals surface area contributed by atoms with Crippen LogP contribution in [-0.2, 0) is 26.0 Å². The number of aromatic amines is 1. The fraction of sp³-hybridized carbons (Fsp3) is 0.286. The number of sulfonamides is 1. The van der Waals surface area contributed by atoms with E-state index in [9.17, 15) is 13.2 Å². The number of amides is 1. The smallest absolute Gasteiger partial charge is 0.243 e. The van der Waals surface area contributed by atoms with Gasteiger partial charge in [-0.1, -0.05) is 18.2 Å². The van der Waals surface area contributed by atoms with E-state index in [0.29, 0.717) is 37.7 Å². The molecule has 1 aliphatic heterocycles. The zero-order chi connectivity index (χ0) is 21.1. The molecule has 2 aromatic carbocycles. The maximum absolute atomic E-state index is 12.9. The van der Waals surface area contributed by atoms with Crippen LogP contribution in [0.3, 0.4) is 0 Å². The number of benzene rings is 2. The van der Waals surface area contributed by atoms with Gasteiger partial charge in [-0.3, -0.25) is 4.79 Å². The van der Waals surface area contributed by atoms with E-state index in [2.05, 4.69) is 10.3 Å². The quantitative estimate of drug-likeness (QED) is 0.627. The van der Waals surface area contributed by atoms with Gasteiger partial charge in [-0.25, -0.2) is 8.42 Å². The number of anilines is 1. The van der Waals surface area contributed by atoms with Crippen LogP contribution < -0.4 is 10.1 Å². The van der Waals surface area contributed by atoms with E-state index in [1.54, 1.807) is 12.3 Å². The normalized spacial score (nSPS) is 15.2. The number of carbonyl (C=O) groups is 1. The number of H-pyrrole nitrogens is 1. The van der Waals surface area contributed by atoms with Gasteiger partial charge in [0.2, 0.25) is 15.9 Å². The molecule has 0 bridgehead atoms. The van der Waals surface area contributed by atoms with Crippen LogP contribution in [0.2, 0.25) is 0 Å². The second-order valence-electron chi connectivity index (χ2n) is 6.96. The molecule has 30 heavy (non-hydrogen) atoms. The predicted molar refractivity (Wildman–Crippen MR) is 113 cm³/mol. The molecule has 1 amide bonds. The van der Waals surface area contributed by atoms with E-state index in [-0.39, 0.29) is 17.2 Å². The highest BCUT2D eigenvalue weighted by Crippen LogP contribution is 2.29. The third-order valence-electron chi connectivity index (χ3n) is 5.08. The maximum Gasteiger partial charge on any atom is 0.243 e. The third kappa shape index (κ3) is 4.04. The monoisotopic (exact) mass is 429 g/mol. The van der Waals surface area contributed by atoms with E-state index in [4.69, 9.17) is 9.47 Å². The first-order valence-corrected chi connectivity index (χ1v) is 11.0. The first-order valence-electron chi connectivity index (χ1n) is 9.60. The molecule has 0 saturated carbocycles. The standard InChI is InChI=1S/C21H23N3O5S/c1-28-20-7-6-16(30(26,27)24-8-10-29-11-9-24)13-19(20)23-21(25)12-15-14-22-18-5-3-2-4-17(15)18/h2-7,13-14,22H,8-12H2,1H3,(H,23,25). The Hall–Kier alpha value is -2.88. The highest BCUT2D eigenvalue weighted by atomic mass is 32.2. The summed E-state index contributed by atoms with van der Waals surface area (Å²) in [6.45, 7) is 1.33. The summed E-state index contributed by atoms with van der Waals surface area (Å²) in [5.41, 5.74) is 2.13. The molecule has 1 aromatic heterocycles. The molecule has 3 aromatic rings. The molecule has 0 atom stereocenters. The number of methoxy groups -OCH3 is 1. The van der Waals surface area contributed by atoms with E-state index < -0.39 is 10.0 Å². The highest BCUT2D eigenvalue weighted by molar-refractivity contribution is 7.89. The molecule has 0 radical (unpaired) electrons. The number of aromatic nitrogens is 1. The van der Waals surface area contributed by atoms with Crippen LogP contribution in [0.1, 0.15) is 5.56 Å². The van der Waals surface area contributed by atoms with Crippen LogP contribution >= 0.6 is 0 Å². The average molecular weight is 429 g/mol. The van der Waals surface area contributed by atoms with Gasteiger partial charge in [0, 0.05) is 30.2 Å². The minimum atomic E-state index is -3.68. The number of hydrogen-bond donors (Lipinski definition) is 2. The van der Waals surface area contributed by atoms with Crippen molar-refractivity contribution in [3.8, 4) is 5.75 Å². The van der Waals surface area contributed by atoms with E-state index in [0.717, 1.165) is 16.5 Å². The summed E-state index contributed by atoms with van der Waals surface area (Å²) < 4.78 is 37.8. The highest BCUT2D eigenvalue weighted by Gasteiger charge is 2.27. The molecule has 0 aliphatic carbocycles. The van der Waals surface area contributed by atoms with Gasteiger partial charge in [-0.2, -0.15) is 4.31 Å².